The van der Waals surface area contributed by atoms with E-state index in [1.54, 1.807) is 32.9 Å². The Morgan fingerprint density at radius 3 is 2.57 bits per heavy atom. The lowest BCUT2D eigenvalue weighted by molar-refractivity contribution is 0.0527. The first-order valence-electron chi connectivity index (χ1n) is 7.19. The number of hydrogen-bond acceptors (Lipinski definition) is 5. The number of halogens is 1. The molecule has 0 saturated heterocycles. The van der Waals surface area contributed by atoms with Crippen LogP contribution in [0.1, 0.15) is 45.0 Å². The van der Waals surface area contributed by atoms with Gasteiger partial charge in [0.15, 0.2) is 5.78 Å². The van der Waals surface area contributed by atoms with Crippen LogP contribution in [0, 0.1) is 19.7 Å². The van der Waals surface area contributed by atoms with Crippen LogP contribution in [0.2, 0.25) is 0 Å². The van der Waals surface area contributed by atoms with Gasteiger partial charge in [-0.25, -0.2) is 9.18 Å². The Labute approximate surface area is 138 Å². The maximum Gasteiger partial charge on any atom is 0.341 e. The second-order valence-corrected chi connectivity index (χ2v) is 6.17. The molecule has 2 rings (SSSR count). The summed E-state index contributed by atoms with van der Waals surface area (Å²) in [5.41, 5.74) is 1.88. The first kappa shape index (κ1) is 17.1. The molecule has 0 aliphatic rings. The van der Waals surface area contributed by atoms with Crippen molar-refractivity contribution in [1.29, 1.82) is 0 Å². The van der Waals surface area contributed by atoms with Crippen LogP contribution in [0.5, 0.6) is 0 Å². The van der Waals surface area contributed by atoms with Gasteiger partial charge in [0.2, 0.25) is 0 Å². The predicted octanol–water partition coefficient (Wildman–Crippen LogP) is 4.63. The molecule has 1 aromatic carbocycles. The molecule has 0 unspecified atom stereocenters. The van der Waals surface area contributed by atoms with Crippen molar-refractivity contribution in [2.24, 2.45) is 0 Å². The van der Waals surface area contributed by atoms with Crippen LogP contribution in [0.4, 0.5) is 15.1 Å². The SMILES string of the molecule is CCOC(=O)c1c(Nc2ccc(C)cc2F)sc(C(C)=O)c1C. The van der Waals surface area contributed by atoms with Gasteiger partial charge in [-0.15, -0.1) is 11.3 Å². The van der Waals surface area contributed by atoms with Gasteiger partial charge in [-0.3, -0.25) is 4.79 Å². The molecule has 1 N–H and O–H groups in total. The normalized spacial score (nSPS) is 10.5. The van der Waals surface area contributed by atoms with Crippen molar-refractivity contribution in [1.82, 2.24) is 0 Å². The van der Waals surface area contributed by atoms with Gasteiger partial charge in [-0.2, -0.15) is 0 Å². The summed E-state index contributed by atoms with van der Waals surface area (Å²) in [6, 6.07) is 4.77. The number of hydrogen-bond donors (Lipinski definition) is 1. The van der Waals surface area contributed by atoms with Gasteiger partial charge >= 0.3 is 5.97 Å². The van der Waals surface area contributed by atoms with E-state index in [4.69, 9.17) is 4.74 Å². The Balaban J connectivity index is 2.49. The standard InChI is InChI=1S/C17H18FNO3S/c1-5-22-17(21)14-10(3)15(11(4)20)23-16(14)19-13-7-6-9(2)8-12(13)18/h6-8,19H,5H2,1-4H3. The fraction of sp³-hybridized carbons (Fsp3) is 0.294. The van der Waals surface area contributed by atoms with Crippen LogP contribution >= 0.6 is 11.3 Å². The van der Waals surface area contributed by atoms with E-state index in [2.05, 4.69) is 5.32 Å². The third-order valence-corrected chi connectivity index (χ3v) is 4.63. The molecule has 23 heavy (non-hydrogen) atoms. The molecule has 0 spiro atoms. The van der Waals surface area contributed by atoms with E-state index in [1.165, 1.54) is 13.0 Å². The number of esters is 1. The number of nitrogens with one attached hydrogen (secondary N) is 1. The third kappa shape index (κ3) is 3.59. The zero-order chi connectivity index (χ0) is 17.1. The number of ether oxygens (including phenoxy) is 1. The molecule has 0 fully saturated rings. The van der Waals surface area contributed by atoms with Crippen LogP contribution in [0.25, 0.3) is 0 Å². The molecule has 122 valence electrons. The number of benzene rings is 1. The maximum absolute atomic E-state index is 14.0. The van der Waals surface area contributed by atoms with Crippen LogP contribution in [-0.2, 0) is 4.74 Å². The Morgan fingerprint density at radius 2 is 2.00 bits per heavy atom. The zero-order valence-corrected chi connectivity index (χ0v) is 14.3. The summed E-state index contributed by atoms with van der Waals surface area (Å²) < 4.78 is 19.1. The molecule has 2 aromatic rings. The van der Waals surface area contributed by atoms with E-state index in [1.807, 2.05) is 0 Å². The van der Waals surface area contributed by atoms with E-state index < -0.39 is 11.8 Å². The third-order valence-electron chi connectivity index (χ3n) is 3.32. The predicted molar refractivity (Wildman–Crippen MR) is 89.4 cm³/mol. The fourth-order valence-corrected chi connectivity index (χ4v) is 3.33. The maximum atomic E-state index is 14.0. The molecule has 0 aliphatic carbocycles. The van der Waals surface area contributed by atoms with E-state index in [0.717, 1.165) is 16.9 Å². The van der Waals surface area contributed by atoms with Gasteiger partial charge in [0.25, 0.3) is 0 Å². The molecule has 0 amide bonds. The minimum absolute atomic E-state index is 0.143. The highest BCUT2D eigenvalue weighted by atomic mass is 32.1. The minimum atomic E-state index is -0.524. The summed E-state index contributed by atoms with van der Waals surface area (Å²) in [5, 5.41) is 3.32. The highest BCUT2D eigenvalue weighted by Crippen LogP contribution is 2.36. The lowest BCUT2D eigenvalue weighted by Crippen LogP contribution is -2.08. The van der Waals surface area contributed by atoms with Crippen molar-refractivity contribution in [3.05, 3.63) is 45.6 Å². The molecule has 6 heteroatoms. The number of rotatable bonds is 5. The molecule has 0 aliphatic heterocycles. The molecule has 1 aromatic heterocycles. The summed E-state index contributed by atoms with van der Waals surface area (Å²) in [6.07, 6.45) is 0. The van der Waals surface area contributed by atoms with Crippen molar-refractivity contribution in [2.45, 2.75) is 27.7 Å². The number of Topliss-reactive ketones (excluding diaryl/α,β-unsaturated/α-hetero) is 1. The summed E-state index contributed by atoms with van der Waals surface area (Å²) in [5.74, 6) is -1.09. The molecule has 1 heterocycles. The number of anilines is 2. The average Bonchev–Trinajstić information content (AvgIpc) is 2.79. The molecular formula is C17H18FNO3S. The highest BCUT2D eigenvalue weighted by Gasteiger charge is 2.24. The van der Waals surface area contributed by atoms with Crippen LogP contribution in [0.15, 0.2) is 18.2 Å². The van der Waals surface area contributed by atoms with Crippen LogP contribution < -0.4 is 5.32 Å². The van der Waals surface area contributed by atoms with Gasteiger partial charge in [0, 0.05) is 0 Å². The van der Waals surface area contributed by atoms with Gasteiger partial charge in [-0.1, -0.05) is 6.07 Å². The van der Waals surface area contributed by atoms with Crippen molar-refractivity contribution >= 4 is 33.8 Å². The van der Waals surface area contributed by atoms with E-state index in [-0.39, 0.29) is 23.6 Å². The second-order valence-electron chi connectivity index (χ2n) is 5.15. The zero-order valence-electron chi connectivity index (χ0n) is 13.5. The first-order chi connectivity index (χ1) is 10.8. The van der Waals surface area contributed by atoms with Crippen LogP contribution in [0.3, 0.4) is 0 Å². The Bertz CT molecular complexity index is 767. The van der Waals surface area contributed by atoms with Crippen molar-refractivity contribution in [2.75, 3.05) is 11.9 Å². The fourth-order valence-electron chi connectivity index (χ4n) is 2.23. The number of ketones is 1. The molecule has 0 radical (unpaired) electrons. The Kier molecular flexibility index (Phi) is 5.15. The van der Waals surface area contributed by atoms with Crippen LogP contribution in [-0.4, -0.2) is 18.4 Å². The summed E-state index contributed by atoms with van der Waals surface area (Å²) >= 11 is 1.13. The Hall–Kier alpha value is -2.21. The molecule has 0 bridgehead atoms. The van der Waals surface area contributed by atoms with Crippen molar-refractivity contribution in [3.8, 4) is 0 Å². The number of carbonyl (C=O) groups is 2. The lowest BCUT2D eigenvalue weighted by Gasteiger charge is -2.09. The van der Waals surface area contributed by atoms with E-state index >= 15 is 0 Å². The molecule has 0 saturated carbocycles. The monoisotopic (exact) mass is 335 g/mol. The summed E-state index contributed by atoms with van der Waals surface area (Å²) in [4.78, 5) is 24.4. The molecular weight excluding hydrogens is 317 g/mol. The largest absolute Gasteiger partial charge is 0.462 e. The molecule has 0 atom stereocenters. The first-order valence-corrected chi connectivity index (χ1v) is 8.01. The Morgan fingerprint density at radius 1 is 1.30 bits per heavy atom. The number of aryl methyl sites for hydroxylation is 1. The van der Waals surface area contributed by atoms with Crippen molar-refractivity contribution in [3.63, 3.8) is 0 Å². The lowest BCUT2D eigenvalue weighted by atomic mass is 10.1. The topological polar surface area (TPSA) is 55.4 Å². The summed E-state index contributed by atoms with van der Waals surface area (Å²) in [7, 11) is 0. The minimum Gasteiger partial charge on any atom is -0.462 e. The van der Waals surface area contributed by atoms with Gasteiger partial charge in [0.05, 0.1) is 22.7 Å². The van der Waals surface area contributed by atoms with Gasteiger partial charge in [-0.05, 0) is 51.0 Å². The average molecular weight is 335 g/mol. The quantitative estimate of drug-likeness (QED) is 0.639. The van der Waals surface area contributed by atoms with Gasteiger partial charge < -0.3 is 10.1 Å². The summed E-state index contributed by atoms with van der Waals surface area (Å²) in [6.45, 7) is 6.85. The van der Waals surface area contributed by atoms with Crippen molar-refractivity contribution < 1.29 is 18.7 Å². The van der Waals surface area contributed by atoms with Gasteiger partial charge in [0.1, 0.15) is 10.8 Å². The second kappa shape index (κ2) is 6.91. The smallest absolute Gasteiger partial charge is 0.341 e. The van der Waals surface area contributed by atoms with E-state index in [9.17, 15) is 14.0 Å². The molecule has 4 nitrogen and oxygen atoms in total. The number of carbonyl (C=O) groups excluding carboxylic acids is 2. The van der Waals surface area contributed by atoms with E-state index in [0.29, 0.717) is 15.4 Å². The highest BCUT2D eigenvalue weighted by molar-refractivity contribution is 7.18. The number of thiophene rings is 1.